The van der Waals surface area contributed by atoms with Crippen LogP contribution in [0.2, 0.25) is 5.02 Å². The zero-order valence-corrected chi connectivity index (χ0v) is 16.3. The molecular formula is C22H12ClF3N2O3. The number of benzene rings is 2. The van der Waals surface area contributed by atoms with Gasteiger partial charge in [-0.1, -0.05) is 35.9 Å². The van der Waals surface area contributed by atoms with Crippen molar-refractivity contribution in [1.82, 2.24) is 9.55 Å². The Kier molecular flexibility index (Phi) is 5.02. The molecule has 0 atom stereocenters. The van der Waals surface area contributed by atoms with Crippen molar-refractivity contribution in [3.8, 4) is 5.69 Å². The number of ketones is 1. The third kappa shape index (κ3) is 3.66. The maximum Gasteiger partial charge on any atom is 0.417 e. The van der Waals surface area contributed by atoms with E-state index in [2.05, 4.69) is 4.98 Å². The number of para-hydroxylation sites is 1. The molecule has 0 aliphatic heterocycles. The van der Waals surface area contributed by atoms with Gasteiger partial charge in [-0.15, -0.1) is 0 Å². The summed E-state index contributed by atoms with van der Waals surface area (Å²) in [4.78, 5) is 28.1. The normalized spacial score (nSPS) is 11.6. The molecule has 0 unspecified atom stereocenters. The SMILES string of the molecule is O=C(O)c1ccc(-n2cc(C(=O)c3c(Cl)cccc3C(F)(F)F)c3ccccc32)cn1. The number of hydrogen-bond acceptors (Lipinski definition) is 3. The molecule has 2 heterocycles. The van der Waals surface area contributed by atoms with Crippen LogP contribution in [0.15, 0.2) is 67.0 Å². The molecule has 2 aromatic heterocycles. The first kappa shape index (κ1) is 20.6. The molecule has 0 amide bonds. The van der Waals surface area contributed by atoms with E-state index in [0.29, 0.717) is 16.6 Å². The van der Waals surface area contributed by atoms with Crippen LogP contribution in [0.4, 0.5) is 13.2 Å². The highest BCUT2D eigenvalue weighted by Crippen LogP contribution is 2.37. The number of aromatic carboxylic acids is 1. The molecule has 5 nitrogen and oxygen atoms in total. The van der Waals surface area contributed by atoms with Gasteiger partial charge in [0, 0.05) is 17.1 Å². The number of carboxylic acid groups (broad SMARTS) is 1. The predicted octanol–water partition coefficient (Wildman–Crippen LogP) is 5.63. The number of alkyl halides is 3. The fourth-order valence-electron chi connectivity index (χ4n) is 3.36. The number of pyridine rings is 1. The minimum Gasteiger partial charge on any atom is -0.477 e. The van der Waals surface area contributed by atoms with Crippen molar-refractivity contribution in [1.29, 1.82) is 0 Å². The lowest BCUT2D eigenvalue weighted by Gasteiger charge is -2.13. The lowest BCUT2D eigenvalue weighted by molar-refractivity contribution is -0.137. The van der Waals surface area contributed by atoms with Crippen molar-refractivity contribution in [2.24, 2.45) is 0 Å². The molecule has 0 radical (unpaired) electrons. The third-order valence-electron chi connectivity index (χ3n) is 4.75. The Labute approximate surface area is 178 Å². The Morgan fingerprint density at radius 2 is 1.74 bits per heavy atom. The van der Waals surface area contributed by atoms with Crippen LogP contribution in [0.25, 0.3) is 16.6 Å². The van der Waals surface area contributed by atoms with Crippen LogP contribution >= 0.6 is 11.6 Å². The van der Waals surface area contributed by atoms with Crippen molar-refractivity contribution < 1.29 is 27.9 Å². The Morgan fingerprint density at radius 3 is 2.39 bits per heavy atom. The van der Waals surface area contributed by atoms with Gasteiger partial charge in [-0.2, -0.15) is 13.2 Å². The van der Waals surface area contributed by atoms with E-state index in [1.807, 2.05) is 0 Å². The fourth-order valence-corrected chi connectivity index (χ4v) is 3.62. The number of aromatic nitrogens is 2. The van der Waals surface area contributed by atoms with Crippen molar-refractivity contribution in [3.05, 3.63) is 94.4 Å². The summed E-state index contributed by atoms with van der Waals surface area (Å²) < 4.78 is 42.1. The quantitative estimate of drug-likeness (QED) is 0.414. The van der Waals surface area contributed by atoms with Crippen LogP contribution in [-0.2, 0) is 6.18 Å². The van der Waals surface area contributed by atoms with Crippen LogP contribution < -0.4 is 0 Å². The van der Waals surface area contributed by atoms with Crippen LogP contribution in [0.1, 0.15) is 32.0 Å². The largest absolute Gasteiger partial charge is 0.477 e. The van der Waals surface area contributed by atoms with Crippen molar-refractivity contribution >= 4 is 34.3 Å². The number of rotatable bonds is 4. The Morgan fingerprint density at radius 1 is 1.00 bits per heavy atom. The summed E-state index contributed by atoms with van der Waals surface area (Å²) in [6.07, 6.45) is -2.06. The molecule has 31 heavy (non-hydrogen) atoms. The van der Waals surface area contributed by atoms with Crippen molar-refractivity contribution in [2.45, 2.75) is 6.18 Å². The molecule has 1 N–H and O–H groups in total. The van der Waals surface area contributed by atoms with E-state index in [4.69, 9.17) is 16.7 Å². The lowest BCUT2D eigenvalue weighted by Crippen LogP contribution is -2.14. The number of nitrogens with zero attached hydrogens (tertiary/aromatic N) is 2. The van der Waals surface area contributed by atoms with Crippen LogP contribution in [0.3, 0.4) is 0 Å². The summed E-state index contributed by atoms with van der Waals surface area (Å²) >= 11 is 6.01. The van der Waals surface area contributed by atoms with Crippen LogP contribution in [0.5, 0.6) is 0 Å². The fraction of sp³-hybridized carbons (Fsp3) is 0.0455. The molecule has 0 aliphatic carbocycles. The van der Waals surface area contributed by atoms with Crippen LogP contribution in [0, 0.1) is 0 Å². The molecule has 4 aromatic rings. The van der Waals surface area contributed by atoms with Gasteiger partial charge in [0.05, 0.1) is 33.6 Å². The molecule has 0 aliphatic rings. The molecule has 0 spiro atoms. The van der Waals surface area contributed by atoms with Gasteiger partial charge in [-0.25, -0.2) is 9.78 Å². The number of carboxylic acids is 1. The maximum atomic E-state index is 13.5. The molecule has 0 bridgehead atoms. The molecule has 156 valence electrons. The monoisotopic (exact) mass is 444 g/mol. The average Bonchev–Trinajstić information content (AvgIpc) is 3.12. The average molecular weight is 445 g/mol. The number of hydrogen-bond donors (Lipinski definition) is 1. The first-order chi connectivity index (χ1) is 14.7. The Balaban J connectivity index is 1.91. The summed E-state index contributed by atoms with van der Waals surface area (Å²) in [5.74, 6) is -2.07. The zero-order chi connectivity index (χ0) is 22.3. The van der Waals surface area contributed by atoms with Gasteiger partial charge >= 0.3 is 12.1 Å². The second-order valence-electron chi connectivity index (χ2n) is 6.63. The van der Waals surface area contributed by atoms with Gasteiger partial charge in [-0.3, -0.25) is 4.79 Å². The van der Waals surface area contributed by atoms with E-state index in [-0.39, 0.29) is 16.3 Å². The standard InChI is InChI=1S/C22H12ClF3N2O3/c23-16-6-3-5-15(22(24,25)26)19(16)20(29)14-11-28(18-7-2-1-4-13(14)18)12-8-9-17(21(30)31)27-10-12/h1-11H,(H,30,31). The smallest absolute Gasteiger partial charge is 0.417 e. The summed E-state index contributed by atoms with van der Waals surface area (Å²) in [6, 6.07) is 12.6. The molecule has 0 fully saturated rings. The molecule has 4 rings (SSSR count). The first-order valence-electron chi connectivity index (χ1n) is 8.88. The highest BCUT2D eigenvalue weighted by atomic mass is 35.5. The van der Waals surface area contributed by atoms with Crippen molar-refractivity contribution in [2.75, 3.05) is 0 Å². The number of carbonyl (C=O) groups excluding carboxylic acids is 1. The highest BCUT2D eigenvalue weighted by Gasteiger charge is 2.37. The van der Waals surface area contributed by atoms with Gasteiger partial charge in [0.15, 0.2) is 5.78 Å². The van der Waals surface area contributed by atoms with E-state index in [0.717, 1.165) is 12.1 Å². The van der Waals surface area contributed by atoms with Gasteiger partial charge in [0.1, 0.15) is 5.69 Å². The lowest BCUT2D eigenvalue weighted by atomic mass is 9.97. The minimum atomic E-state index is -4.76. The number of halogens is 4. The van der Waals surface area contributed by atoms with Crippen LogP contribution in [-0.4, -0.2) is 26.4 Å². The maximum absolute atomic E-state index is 13.5. The van der Waals surface area contributed by atoms with Gasteiger partial charge in [0.2, 0.25) is 0 Å². The van der Waals surface area contributed by atoms with Gasteiger partial charge in [0.25, 0.3) is 0 Å². The molecule has 2 aromatic carbocycles. The topological polar surface area (TPSA) is 72.2 Å². The second kappa shape index (κ2) is 7.55. The second-order valence-corrected chi connectivity index (χ2v) is 7.03. The number of fused-ring (bicyclic) bond motifs is 1. The van der Waals surface area contributed by atoms with Gasteiger partial charge in [-0.05, 0) is 30.3 Å². The minimum absolute atomic E-state index is 0.0245. The molecule has 9 heteroatoms. The zero-order valence-electron chi connectivity index (χ0n) is 15.5. The number of carbonyl (C=O) groups is 2. The first-order valence-corrected chi connectivity index (χ1v) is 9.26. The van der Waals surface area contributed by atoms with E-state index in [1.165, 1.54) is 30.6 Å². The Hall–Kier alpha value is -3.65. The summed E-state index contributed by atoms with van der Waals surface area (Å²) in [6.45, 7) is 0. The van der Waals surface area contributed by atoms with E-state index in [9.17, 15) is 22.8 Å². The van der Waals surface area contributed by atoms with Crippen molar-refractivity contribution in [3.63, 3.8) is 0 Å². The third-order valence-corrected chi connectivity index (χ3v) is 5.06. The molecule has 0 saturated heterocycles. The summed E-state index contributed by atoms with van der Waals surface area (Å²) in [5.41, 5.74) is -0.904. The summed E-state index contributed by atoms with van der Waals surface area (Å²) in [5, 5.41) is 9.14. The predicted molar refractivity (Wildman–Crippen MR) is 108 cm³/mol. The summed E-state index contributed by atoms with van der Waals surface area (Å²) in [7, 11) is 0. The molecular weight excluding hydrogens is 433 g/mol. The highest BCUT2D eigenvalue weighted by molar-refractivity contribution is 6.36. The molecule has 0 saturated carbocycles. The van der Waals surface area contributed by atoms with E-state index < -0.39 is 29.1 Å². The van der Waals surface area contributed by atoms with E-state index >= 15 is 0 Å². The Bertz CT molecular complexity index is 1330. The van der Waals surface area contributed by atoms with E-state index in [1.54, 1.807) is 28.8 Å². The van der Waals surface area contributed by atoms with Gasteiger partial charge < -0.3 is 9.67 Å².